The number of non-ortho nitro benzene ring substituents is 1. The van der Waals surface area contributed by atoms with Crippen molar-refractivity contribution < 1.29 is 14.4 Å². The van der Waals surface area contributed by atoms with Crippen molar-refractivity contribution in [1.82, 2.24) is 10.2 Å². The van der Waals surface area contributed by atoms with E-state index in [4.69, 9.17) is 9.47 Å². The molecule has 7 nitrogen and oxygen atoms in total. The van der Waals surface area contributed by atoms with Crippen LogP contribution in [0, 0.1) is 10.1 Å². The molecule has 21 heavy (non-hydrogen) atoms. The normalized spacial score (nSPS) is 10.8. The van der Waals surface area contributed by atoms with Gasteiger partial charge in [-0.15, -0.1) is 0 Å². The van der Waals surface area contributed by atoms with Crippen molar-refractivity contribution >= 4 is 5.69 Å². The maximum Gasteiger partial charge on any atom is 0.269 e. The second kappa shape index (κ2) is 10.1. The molecule has 0 fully saturated rings. The van der Waals surface area contributed by atoms with E-state index in [1.807, 2.05) is 7.05 Å². The van der Waals surface area contributed by atoms with Crippen molar-refractivity contribution in [3.8, 4) is 5.75 Å². The zero-order chi connectivity index (χ0) is 15.5. The van der Waals surface area contributed by atoms with Crippen molar-refractivity contribution in [2.24, 2.45) is 0 Å². The number of methoxy groups -OCH3 is 1. The van der Waals surface area contributed by atoms with Gasteiger partial charge >= 0.3 is 0 Å². The van der Waals surface area contributed by atoms with Crippen LogP contribution in [0.2, 0.25) is 0 Å². The van der Waals surface area contributed by atoms with Crippen LogP contribution >= 0.6 is 0 Å². The summed E-state index contributed by atoms with van der Waals surface area (Å²) in [5, 5.41) is 13.8. The Labute approximate surface area is 125 Å². The molecular formula is C14H23N3O4. The Morgan fingerprint density at radius 1 is 1.19 bits per heavy atom. The highest BCUT2D eigenvalue weighted by Gasteiger charge is 2.04. The summed E-state index contributed by atoms with van der Waals surface area (Å²) in [5.74, 6) is 0.639. The number of nitrogens with one attached hydrogen (secondary N) is 1. The van der Waals surface area contributed by atoms with E-state index in [0.29, 0.717) is 12.4 Å². The number of hydrogen-bond donors (Lipinski definition) is 1. The third-order valence-corrected chi connectivity index (χ3v) is 2.94. The van der Waals surface area contributed by atoms with E-state index < -0.39 is 4.92 Å². The van der Waals surface area contributed by atoms with E-state index in [9.17, 15) is 10.1 Å². The summed E-state index contributed by atoms with van der Waals surface area (Å²) in [6.45, 7) is 4.73. The number of benzene rings is 1. The van der Waals surface area contributed by atoms with E-state index in [-0.39, 0.29) is 5.69 Å². The lowest BCUT2D eigenvalue weighted by Gasteiger charge is -2.16. The number of ether oxygens (including phenoxy) is 2. The summed E-state index contributed by atoms with van der Waals surface area (Å²) < 4.78 is 10.5. The molecule has 0 spiro atoms. The SMILES string of the molecule is COCCN(C)CCNCCOc1ccc([N+](=O)[O-])cc1. The highest BCUT2D eigenvalue weighted by molar-refractivity contribution is 5.35. The van der Waals surface area contributed by atoms with Gasteiger partial charge in [-0.05, 0) is 19.2 Å². The van der Waals surface area contributed by atoms with E-state index >= 15 is 0 Å². The predicted octanol–water partition coefficient (Wildman–Crippen LogP) is 1.14. The van der Waals surface area contributed by atoms with E-state index in [1.54, 1.807) is 19.2 Å². The average molecular weight is 297 g/mol. The molecule has 0 saturated carbocycles. The lowest BCUT2D eigenvalue weighted by molar-refractivity contribution is -0.384. The molecule has 0 aliphatic carbocycles. The Bertz CT molecular complexity index is 411. The van der Waals surface area contributed by atoms with Crippen molar-refractivity contribution in [3.05, 3.63) is 34.4 Å². The Balaban J connectivity index is 2.07. The lowest BCUT2D eigenvalue weighted by Crippen LogP contribution is -2.33. The maximum atomic E-state index is 10.5. The standard InChI is InChI=1S/C14H23N3O4/c1-16(10-12-20-2)9-7-15-8-11-21-14-5-3-13(4-6-14)17(18)19/h3-6,15H,7-12H2,1-2H3. The van der Waals surface area contributed by atoms with Crippen LogP contribution < -0.4 is 10.1 Å². The molecule has 0 radical (unpaired) electrons. The Kier molecular flexibility index (Phi) is 8.34. The van der Waals surface area contributed by atoms with Crippen molar-refractivity contribution in [3.63, 3.8) is 0 Å². The average Bonchev–Trinajstić information content (AvgIpc) is 2.49. The second-order valence-electron chi connectivity index (χ2n) is 4.65. The molecule has 1 aromatic rings. The van der Waals surface area contributed by atoms with Gasteiger partial charge in [-0.25, -0.2) is 0 Å². The van der Waals surface area contributed by atoms with Crippen LogP contribution in [0.4, 0.5) is 5.69 Å². The molecule has 1 aromatic carbocycles. The first kappa shape index (κ1) is 17.4. The van der Waals surface area contributed by atoms with E-state index in [1.165, 1.54) is 12.1 Å². The molecule has 0 heterocycles. The number of likely N-dealkylation sites (N-methyl/N-ethyl adjacent to an activating group) is 1. The number of nitro benzene ring substituents is 1. The monoisotopic (exact) mass is 297 g/mol. The molecule has 1 N–H and O–H groups in total. The summed E-state index contributed by atoms with van der Waals surface area (Å²) in [6, 6.07) is 6.09. The molecule has 0 aliphatic heterocycles. The minimum atomic E-state index is -0.425. The molecule has 0 atom stereocenters. The van der Waals surface area contributed by atoms with Crippen LogP contribution in [-0.2, 0) is 4.74 Å². The van der Waals surface area contributed by atoms with Crippen LogP contribution in [-0.4, -0.2) is 63.4 Å². The van der Waals surface area contributed by atoms with Crippen molar-refractivity contribution in [2.75, 3.05) is 53.6 Å². The van der Waals surface area contributed by atoms with Gasteiger partial charge in [-0.2, -0.15) is 0 Å². The first-order valence-electron chi connectivity index (χ1n) is 6.89. The predicted molar refractivity (Wildman–Crippen MR) is 80.8 cm³/mol. The Hall–Kier alpha value is -1.70. The first-order valence-corrected chi connectivity index (χ1v) is 6.89. The van der Waals surface area contributed by atoms with Crippen LogP contribution in [0.25, 0.3) is 0 Å². The molecule has 0 bridgehead atoms. The van der Waals surface area contributed by atoms with Crippen LogP contribution in [0.5, 0.6) is 5.75 Å². The minimum absolute atomic E-state index is 0.0690. The highest BCUT2D eigenvalue weighted by atomic mass is 16.6. The highest BCUT2D eigenvalue weighted by Crippen LogP contribution is 2.16. The van der Waals surface area contributed by atoms with Gasteiger partial charge in [0.05, 0.1) is 11.5 Å². The quantitative estimate of drug-likeness (QED) is 0.375. The number of rotatable bonds is 11. The molecule has 7 heteroatoms. The summed E-state index contributed by atoms with van der Waals surface area (Å²) >= 11 is 0. The molecule has 0 amide bonds. The van der Waals surface area contributed by atoms with Gasteiger partial charge in [0.25, 0.3) is 5.69 Å². The summed E-state index contributed by atoms with van der Waals surface area (Å²) in [7, 11) is 3.75. The zero-order valence-electron chi connectivity index (χ0n) is 12.6. The number of nitrogens with zero attached hydrogens (tertiary/aromatic N) is 2. The summed E-state index contributed by atoms with van der Waals surface area (Å²) in [6.07, 6.45) is 0. The number of hydrogen-bond acceptors (Lipinski definition) is 6. The zero-order valence-corrected chi connectivity index (χ0v) is 12.6. The molecular weight excluding hydrogens is 274 g/mol. The Morgan fingerprint density at radius 2 is 1.90 bits per heavy atom. The first-order chi connectivity index (χ1) is 10.1. The van der Waals surface area contributed by atoms with E-state index in [0.717, 1.165) is 32.8 Å². The van der Waals surface area contributed by atoms with Gasteiger partial charge in [-0.1, -0.05) is 0 Å². The second-order valence-corrected chi connectivity index (χ2v) is 4.65. The van der Waals surface area contributed by atoms with Gasteiger partial charge in [0.1, 0.15) is 12.4 Å². The van der Waals surface area contributed by atoms with Gasteiger partial charge in [-0.3, -0.25) is 10.1 Å². The largest absolute Gasteiger partial charge is 0.492 e. The third-order valence-electron chi connectivity index (χ3n) is 2.94. The van der Waals surface area contributed by atoms with Crippen molar-refractivity contribution in [1.29, 1.82) is 0 Å². The van der Waals surface area contributed by atoms with Crippen LogP contribution in [0.1, 0.15) is 0 Å². The molecule has 0 aromatic heterocycles. The van der Waals surface area contributed by atoms with E-state index in [2.05, 4.69) is 10.2 Å². The smallest absolute Gasteiger partial charge is 0.269 e. The van der Waals surface area contributed by atoms with Gasteiger partial charge in [0, 0.05) is 45.4 Å². The van der Waals surface area contributed by atoms with Gasteiger partial charge in [0.2, 0.25) is 0 Å². The molecule has 0 aliphatic rings. The van der Waals surface area contributed by atoms with Crippen LogP contribution in [0.3, 0.4) is 0 Å². The fourth-order valence-electron chi connectivity index (χ4n) is 1.66. The number of nitro groups is 1. The van der Waals surface area contributed by atoms with Crippen LogP contribution in [0.15, 0.2) is 24.3 Å². The minimum Gasteiger partial charge on any atom is -0.492 e. The summed E-state index contributed by atoms with van der Waals surface area (Å²) in [5.41, 5.74) is 0.0690. The maximum absolute atomic E-state index is 10.5. The topological polar surface area (TPSA) is 76.9 Å². The molecule has 0 saturated heterocycles. The Morgan fingerprint density at radius 3 is 2.52 bits per heavy atom. The van der Waals surface area contributed by atoms with Gasteiger partial charge in [0.15, 0.2) is 0 Å². The molecule has 1 rings (SSSR count). The van der Waals surface area contributed by atoms with Gasteiger partial charge < -0.3 is 19.7 Å². The third kappa shape index (κ3) is 7.60. The summed E-state index contributed by atoms with van der Waals surface area (Å²) in [4.78, 5) is 12.3. The van der Waals surface area contributed by atoms with Crippen molar-refractivity contribution in [2.45, 2.75) is 0 Å². The molecule has 0 unspecified atom stereocenters. The fourth-order valence-corrected chi connectivity index (χ4v) is 1.66. The lowest BCUT2D eigenvalue weighted by atomic mass is 10.3. The fraction of sp³-hybridized carbons (Fsp3) is 0.571. The molecule has 118 valence electrons.